The van der Waals surface area contributed by atoms with Crippen molar-refractivity contribution in [1.29, 1.82) is 0 Å². The van der Waals surface area contributed by atoms with Crippen LogP contribution in [0, 0.1) is 0 Å². The van der Waals surface area contributed by atoms with Gasteiger partial charge >= 0.3 is 0 Å². The summed E-state index contributed by atoms with van der Waals surface area (Å²) < 4.78 is 0. The van der Waals surface area contributed by atoms with Gasteiger partial charge in [-0.3, -0.25) is 9.69 Å². The van der Waals surface area contributed by atoms with E-state index >= 15 is 0 Å². The molecule has 0 aliphatic carbocycles. The molecule has 0 saturated carbocycles. The van der Waals surface area contributed by atoms with Crippen molar-refractivity contribution in [1.82, 2.24) is 25.5 Å². The molecule has 1 saturated heterocycles. The summed E-state index contributed by atoms with van der Waals surface area (Å²) in [6.45, 7) is 4.75. The van der Waals surface area contributed by atoms with Gasteiger partial charge in [0.15, 0.2) is 0 Å². The fourth-order valence-electron chi connectivity index (χ4n) is 1.71. The fourth-order valence-corrected chi connectivity index (χ4v) is 1.71. The van der Waals surface area contributed by atoms with Crippen molar-refractivity contribution in [2.24, 2.45) is 0 Å². The molecule has 2 rings (SSSR count). The highest BCUT2D eigenvalue weighted by Crippen LogP contribution is 1.92. The Morgan fingerprint density at radius 3 is 3.00 bits per heavy atom. The first-order valence-corrected chi connectivity index (χ1v) is 5.52. The van der Waals surface area contributed by atoms with E-state index < -0.39 is 0 Å². The lowest BCUT2D eigenvalue weighted by Crippen LogP contribution is -2.47. The molecule has 1 amide bonds. The summed E-state index contributed by atoms with van der Waals surface area (Å²) in [5.41, 5.74) is 0. The topological polar surface area (TPSA) is 73.1 Å². The summed E-state index contributed by atoms with van der Waals surface area (Å²) in [6.07, 6.45) is 3.43. The summed E-state index contributed by atoms with van der Waals surface area (Å²) in [5.74, 6) is 0.840. The second kappa shape index (κ2) is 5.62. The van der Waals surface area contributed by atoms with E-state index in [1.54, 1.807) is 12.4 Å². The van der Waals surface area contributed by atoms with Gasteiger partial charge in [0.25, 0.3) is 0 Å². The van der Waals surface area contributed by atoms with Crippen LogP contribution in [0.25, 0.3) is 0 Å². The number of carbonyl (C=O) groups is 1. The number of imidazole rings is 1. The van der Waals surface area contributed by atoms with Crippen molar-refractivity contribution < 1.29 is 4.79 Å². The number of aromatic amines is 1. The Bertz CT molecular complexity index is 318. The van der Waals surface area contributed by atoms with Gasteiger partial charge in [0, 0.05) is 38.6 Å². The average Bonchev–Trinajstić information content (AvgIpc) is 2.81. The largest absolute Gasteiger partial charge is 0.348 e. The van der Waals surface area contributed by atoms with Gasteiger partial charge < -0.3 is 15.6 Å². The van der Waals surface area contributed by atoms with Crippen molar-refractivity contribution >= 4 is 5.91 Å². The lowest BCUT2D eigenvalue weighted by atomic mass is 10.3. The van der Waals surface area contributed by atoms with Crippen LogP contribution in [-0.4, -0.2) is 53.5 Å². The second-order valence-electron chi connectivity index (χ2n) is 3.84. The summed E-state index contributed by atoms with van der Waals surface area (Å²) in [5, 5.41) is 6.09. The lowest BCUT2D eigenvalue weighted by Gasteiger charge is -2.26. The van der Waals surface area contributed by atoms with Gasteiger partial charge in [0.2, 0.25) is 5.91 Å². The zero-order valence-electron chi connectivity index (χ0n) is 9.20. The Kier molecular flexibility index (Phi) is 3.90. The van der Waals surface area contributed by atoms with Crippen molar-refractivity contribution in [2.45, 2.75) is 6.54 Å². The number of piperazine rings is 1. The number of carbonyl (C=O) groups excluding carboxylic acids is 1. The van der Waals surface area contributed by atoms with E-state index in [2.05, 4.69) is 25.5 Å². The Morgan fingerprint density at radius 2 is 2.31 bits per heavy atom. The first-order chi connectivity index (χ1) is 7.84. The van der Waals surface area contributed by atoms with E-state index in [4.69, 9.17) is 0 Å². The average molecular weight is 223 g/mol. The van der Waals surface area contributed by atoms with E-state index in [0.717, 1.165) is 32.0 Å². The third-order valence-electron chi connectivity index (χ3n) is 2.58. The number of hydrogen-bond donors (Lipinski definition) is 3. The van der Waals surface area contributed by atoms with Crippen molar-refractivity contribution in [3.63, 3.8) is 0 Å². The molecule has 6 heteroatoms. The minimum absolute atomic E-state index is 0.0540. The van der Waals surface area contributed by atoms with Crippen LogP contribution in [-0.2, 0) is 11.3 Å². The predicted octanol–water partition coefficient (Wildman–Crippen LogP) is -1.07. The maximum atomic E-state index is 11.6. The van der Waals surface area contributed by atoms with E-state index in [0.29, 0.717) is 13.1 Å². The number of rotatable bonds is 4. The van der Waals surface area contributed by atoms with E-state index in [1.807, 2.05) is 0 Å². The molecule has 0 radical (unpaired) electrons. The van der Waals surface area contributed by atoms with Gasteiger partial charge in [-0.15, -0.1) is 0 Å². The molecule has 1 aliphatic rings. The molecule has 0 spiro atoms. The zero-order chi connectivity index (χ0) is 11.2. The van der Waals surface area contributed by atoms with Crippen LogP contribution in [0.3, 0.4) is 0 Å². The highest BCUT2D eigenvalue weighted by Gasteiger charge is 2.13. The monoisotopic (exact) mass is 223 g/mol. The predicted molar refractivity (Wildman–Crippen MR) is 59.7 cm³/mol. The van der Waals surface area contributed by atoms with Crippen LogP contribution in [0.1, 0.15) is 5.82 Å². The van der Waals surface area contributed by atoms with Gasteiger partial charge in [-0.05, 0) is 0 Å². The van der Waals surface area contributed by atoms with Gasteiger partial charge in [0.05, 0.1) is 13.1 Å². The molecule has 1 aliphatic heterocycles. The molecule has 16 heavy (non-hydrogen) atoms. The molecule has 0 bridgehead atoms. The minimum Gasteiger partial charge on any atom is -0.348 e. The smallest absolute Gasteiger partial charge is 0.234 e. The van der Waals surface area contributed by atoms with Crippen LogP contribution < -0.4 is 10.6 Å². The molecule has 1 fully saturated rings. The Labute approximate surface area is 94.4 Å². The van der Waals surface area contributed by atoms with Gasteiger partial charge in [-0.2, -0.15) is 0 Å². The van der Waals surface area contributed by atoms with E-state index in [1.165, 1.54) is 0 Å². The first kappa shape index (κ1) is 11.1. The summed E-state index contributed by atoms with van der Waals surface area (Å²) in [4.78, 5) is 20.7. The quantitative estimate of drug-likeness (QED) is 0.608. The number of amides is 1. The molecular weight excluding hydrogens is 206 g/mol. The first-order valence-electron chi connectivity index (χ1n) is 5.52. The number of nitrogens with one attached hydrogen (secondary N) is 3. The summed E-state index contributed by atoms with van der Waals surface area (Å²) >= 11 is 0. The number of aromatic nitrogens is 2. The van der Waals surface area contributed by atoms with Crippen molar-refractivity contribution in [3.05, 3.63) is 18.2 Å². The molecule has 0 aromatic carbocycles. The zero-order valence-corrected chi connectivity index (χ0v) is 9.20. The standard InChI is InChI=1S/C10H17N5O/c16-10(8-15-5-3-11-4-6-15)14-7-9-12-1-2-13-9/h1-2,11H,3-8H2,(H,12,13)(H,14,16). The molecule has 0 unspecified atom stereocenters. The van der Waals surface area contributed by atoms with Crippen LogP contribution in [0.2, 0.25) is 0 Å². The van der Waals surface area contributed by atoms with E-state index in [-0.39, 0.29) is 5.91 Å². The maximum Gasteiger partial charge on any atom is 0.234 e. The van der Waals surface area contributed by atoms with Crippen LogP contribution >= 0.6 is 0 Å². The minimum atomic E-state index is 0.0540. The Balaban J connectivity index is 1.67. The highest BCUT2D eigenvalue weighted by molar-refractivity contribution is 5.77. The number of hydrogen-bond acceptors (Lipinski definition) is 4. The summed E-state index contributed by atoms with van der Waals surface area (Å²) in [6, 6.07) is 0. The SMILES string of the molecule is O=C(CN1CCNCC1)NCc1ncc[nH]1. The van der Waals surface area contributed by atoms with Crippen LogP contribution in [0.15, 0.2) is 12.4 Å². The Hall–Kier alpha value is -1.40. The molecule has 3 N–H and O–H groups in total. The van der Waals surface area contributed by atoms with Gasteiger partial charge in [0.1, 0.15) is 5.82 Å². The summed E-state index contributed by atoms with van der Waals surface area (Å²) in [7, 11) is 0. The normalized spacial score (nSPS) is 17.2. The molecule has 88 valence electrons. The third-order valence-corrected chi connectivity index (χ3v) is 2.58. The van der Waals surface area contributed by atoms with Crippen molar-refractivity contribution in [2.75, 3.05) is 32.7 Å². The third kappa shape index (κ3) is 3.32. The molecule has 1 aromatic rings. The van der Waals surface area contributed by atoms with Gasteiger partial charge in [-0.25, -0.2) is 4.98 Å². The molecule has 0 atom stereocenters. The number of nitrogens with zero attached hydrogens (tertiary/aromatic N) is 2. The lowest BCUT2D eigenvalue weighted by molar-refractivity contribution is -0.122. The fraction of sp³-hybridized carbons (Fsp3) is 0.600. The van der Waals surface area contributed by atoms with E-state index in [9.17, 15) is 4.79 Å². The number of H-pyrrole nitrogens is 1. The Morgan fingerprint density at radius 1 is 1.50 bits per heavy atom. The molecule has 2 heterocycles. The highest BCUT2D eigenvalue weighted by atomic mass is 16.2. The van der Waals surface area contributed by atoms with Crippen LogP contribution in [0.4, 0.5) is 0 Å². The molecular formula is C10H17N5O. The molecule has 1 aromatic heterocycles. The second-order valence-corrected chi connectivity index (χ2v) is 3.84. The van der Waals surface area contributed by atoms with Gasteiger partial charge in [-0.1, -0.05) is 0 Å². The molecule has 6 nitrogen and oxygen atoms in total. The maximum absolute atomic E-state index is 11.6. The van der Waals surface area contributed by atoms with Crippen LogP contribution in [0.5, 0.6) is 0 Å². The van der Waals surface area contributed by atoms with Crippen molar-refractivity contribution in [3.8, 4) is 0 Å².